The van der Waals surface area contributed by atoms with Crippen molar-refractivity contribution in [2.45, 2.75) is 25.9 Å². The van der Waals surface area contributed by atoms with Gasteiger partial charge in [-0.1, -0.05) is 30.3 Å². The van der Waals surface area contributed by atoms with Gasteiger partial charge in [0, 0.05) is 44.0 Å². The number of aromatic nitrogens is 1. The molecule has 2 aliphatic heterocycles. The molecule has 0 saturated carbocycles. The predicted molar refractivity (Wildman–Crippen MR) is 103 cm³/mol. The molecule has 0 unspecified atom stereocenters. The van der Waals surface area contributed by atoms with Gasteiger partial charge in [0.2, 0.25) is 5.91 Å². The second kappa shape index (κ2) is 7.66. The summed E-state index contributed by atoms with van der Waals surface area (Å²) < 4.78 is 0. The van der Waals surface area contributed by atoms with Crippen LogP contribution in [0.2, 0.25) is 0 Å². The minimum absolute atomic E-state index is 0.133. The van der Waals surface area contributed by atoms with E-state index in [1.807, 2.05) is 6.07 Å². The minimum atomic E-state index is -0.964. The highest BCUT2D eigenvalue weighted by Gasteiger charge is 2.31. The number of benzene rings is 1. The van der Waals surface area contributed by atoms with Gasteiger partial charge in [0.1, 0.15) is 0 Å². The third-order valence-electron chi connectivity index (χ3n) is 5.12. The molecule has 1 atom stereocenters. The summed E-state index contributed by atoms with van der Waals surface area (Å²) in [5, 5.41) is 12.5. The molecule has 2 amide bonds. The van der Waals surface area contributed by atoms with Crippen molar-refractivity contribution >= 4 is 28.5 Å². The Labute approximate surface area is 161 Å². The van der Waals surface area contributed by atoms with E-state index in [0.717, 1.165) is 31.7 Å². The number of thiazole rings is 1. The first kappa shape index (κ1) is 17.9. The van der Waals surface area contributed by atoms with Crippen LogP contribution in [0.15, 0.2) is 30.3 Å². The monoisotopic (exact) mass is 386 g/mol. The SMILES string of the molecule is O=C(Nc1nc2c(s1)CN(Cc1ccccc1)CC2)[C@H]1CCN(C(=O)O)C1. The number of nitrogens with one attached hydrogen (secondary N) is 1. The average Bonchev–Trinajstić information content (AvgIpc) is 3.29. The molecule has 0 aliphatic carbocycles. The number of rotatable bonds is 4. The molecule has 3 heterocycles. The molecule has 2 aromatic rings. The van der Waals surface area contributed by atoms with Gasteiger partial charge in [0.25, 0.3) is 0 Å². The van der Waals surface area contributed by atoms with Crippen molar-refractivity contribution in [1.82, 2.24) is 14.8 Å². The fourth-order valence-electron chi connectivity index (χ4n) is 3.63. The van der Waals surface area contributed by atoms with Gasteiger partial charge in [-0.25, -0.2) is 9.78 Å². The van der Waals surface area contributed by atoms with E-state index in [4.69, 9.17) is 5.11 Å². The van der Waals surface area contributed by atoms with E-state index >= 15 is 0 Å². The molecule has 1 saturated heterocycles. The maximum absolute atomic E-state index is 12.4. The number of carboxylic acid groups (broad SMARTS) is 1. The van der Waals surface area contributed by atoms with E-state index in [2.05, 4.69) is 39.5 Å². The quantitative estimate of drug-likeness (QED) is 0.844. The zero-order valence-corrected chi connectivity index (χ0v) is 15.7. The molecule has 7 nitrogen and oxygen atoms in total. The maximum Gasteiger partial charge on any atom is 0.407 e. The molecule has 27 heavy (non-hydrogen) atoms. The predicted octanol–water partition coefficient (Wildman–Crippen LogP) is 2.64. The van der Waals surface area contributed by atoms with Gasteiger partial charge < -0.3 is 15.3 Å². The lowest BCUT2D eigenvalue weighted by Crippen LogP contribution is -2.30. The Kier molecular flexibility index (Phi) is 5.09. The van der Waals surface area contributed by atoms with E-state index in [1.165, 1.54) is 26.7 Å². The summed E-state index contributed by atoms with van der Waals surface area (Å²) in [6.45, 7) is 3.38. The van der Waals surface area contributed by atoms with Gasteiger partial charge in [0.15, 0.2) is 5.13 Å². The summed E-state index contributed by atoms with van der Waals surface area (Å²) in [6, 6.07) is 10.4. The van der Waals surface area contributed by atoms with Crippen molar-refractivity contribution in [1.29, 1.82) is 0 Å². The Bertz CT molecular complexity index is 839. The van der Waals surface area contributed by atoms with Gasteiger partial charge in [-0.05, 0) is 12.0 Å². The maximum atomic E-state index is 12.4. The normalized spacial score (nSPS) is 19.7. The first-order valence-electron chi connectivity index (χ1n) is 9.12. The summed E-state index contributed by atoms with van der Waals surface area (Å²) in [5.41, 5.74) is 2.36. The number of anilines is 1. The van der Waals surface area contributed by atoms with Crippen LogP contribution in [0.3, 0.4) is 0 Å². The lowest BCUT2D eigenvalue weighted by molar-refractivity contribution is -0.119. The largest absolute Gasteiger partial charge is 0.465 e. The highest BCUT2D eigenvalue weighted by atomic mass is 32.1. The summed E-state index contributed by atoms with van der Waals surface area (Å²) in [7, 11) is 0. The molecule has 0 bridgehead atoms. The molecular weight excluding hydrogens is 364 g/mol. The Morgan fingerprint density at radius 2 is 2.07 bits per heavy atom. The highest BCUT2D eigenvalue weighted by Crippen LogP contribution is 2.30. The van der Waals surface area contributed by atoms with Crippen LogP contribution in [0.5, 0.6) is 0 Å². The van der Waals surface area contributed by atoms with Crippen LogP contribution in [0.25, 0.3) is 0 Å². The van der Waals surface area contributed by atoms with Gasteiger partial charge in [0.05, 0.1) is 11.6 Å². The Morgan fingerprint density at radius 3 is 2.81 bits per heavy atom. The highest BCUT2D eigenvalue weighted by molar-refractivity contribution is 7.15. The average molecular weight is 386 g/mol. The van der Waals surface area contributed by atoms with Crippen molar-refractivity contribution in [2.24, 2.45) is 5.92 Å². The third-order valence-corrected chi connectivity index (χ3v) is 6.12. The van der Waals surface area contributed by atoms with E-state index in [9.17, 15) is 9.59 Å². The summed E-state index contributed by atoms with van der Waals surface area (Å²) >= 11 is 1.53. The first-order chi connectivity index (χ1) is 13.1. The molecule has 142 valence electrons. The number of amides is 2. The number of hydrogen-bond donors (Lipinski definition) is 2. The van der Waals surface area contributed by atoms with Crippen LogP contribution >= 0.6 is 11.3 Å². The van der Waals surface area contributed by atoms with E-state index < -0.39 is 6.09 Å². The number of hydrogen-bond acceptors (Lipinski definition) is 5. The fourth-order valence-corrected chi connectivity index (χ4v) is 4.69. The van der Waals surface area contributed by atoms with Crippen molar-refractivity contribution in [3.05, 3.63) is 46.5 Å². The molecule has 0 radical (unpaired) electrons. The fraction of sp³-hybridized carbons (Fsp3) is 0.421. The summed E-state index contributed by atoms with van der Waals surface area (Å²) in [4.78, 5) is 32.9. The molecule has 1 aromatic carbocycles. The van der Waals surface area contributed by atoms with Crippen molar-refractivity contribution in [3.8, 4) is 0 Å². The van der Waals surface area contributed by atoms with Crippen LogP contribution in [0.1, 0.15) is 22.6 Å². The first-order valence-corrected chi connectivity index (χ1v) is 9.94. The number of fused-ring (bicyclic) bond motifs is 1. The van der Waals surface area contributed by atoms with E-state index in [1.54, 1.807) is 0 Å². The van der Waals surface area contributed by atoms with Crippen LogP contribution in [0, 0.1) is 5.92 Å². The van der Waals surface area contributed by atoms with Crippen LogP contribution in [-0.4, -0.2) is 51.5 Å². The minimum Gasteiger partial charge on any atom is -0.465 e. The lowest BCUT2D eigenvalue weighted by atomic mass is 10.1. The Morgan fingerprint density at radius 1 is 1.26 bits per heavy atom. The number of nitrogens with zero attached hydrogens (tertiary/aromatic N) is 3. The lowest BCUT2D eigenvalue weighted by Gasteiger charge is -2.25. The van der Waals surface area contributed by atoms with Crippen molar-refractivity contribution < 1.29 is 14.7 Å². The molecule has 0 spiro atoms. The van der Waals surface area contributed by atoms with E-state index in [-0.39, 0.29) is 18.4 Å². The van der Waals surface area contributed by atoms with E-state index in [0.29, 0.717) is 18.1 Å². The molecule has 2 aliphatic rings. The van der Waals surface area contributed by atoms with Crippen LogP contribution < -0.4 is 5.32 Å². The van der Waals surface area contributed by atoms with Crippen LogP contribution in [-0.2, 0) is 24.3 Å². The zero-order chi connectivity index (χ0) is 18.8. The Hall–Kier alpha value is -2.45. The van der Waals surface area contributed by atoms with Crippen LogP contribution in [0.4, 0.5) is 9.93 Å². The third kappa shape index (κ3) is 4.12. The molecule has 2 N–H and O–H groups in total. The van der Waals surface area contributed by atoms with Gasteiger partial charge in [-0.15, -0.1) is 11.3 Å². The number of carbonyl (C=O) groups is 2. The second-order valence-corrected chi connectivity index (χ2v) is 8.12. The molecule has 8 heteroatoms. The molecule has 1 aromatic heterocycles. The Balaban J connectivity index is 1.36. The van der Waals surface area contributed by atoms with Gasteiger partial charge >= 0.3 is 6.09 Å². The standard InChI is InChI=1S/C19H22N4O3S/c24-17(14-6-9-23(11-14)19(25)26)21-18-20-15-7-8-22(12-16(15)27-18)10-13-4-2-1-3-5-13/h1-5,14H,6-12H2,(H,25,26)(H,20,21,24)/t14-/m0/s1. The molecule has 4 rings (SSSR count). The number of likely N-dealkylation sites (tertiary alicyclic amines) is 1. The second-order valence-electron chi connectivity index (χ2n) is 7.04. The number of carbonyl (C=O) groups excluding carboxylic acids is 1. The van der Waals surface area contributed by atoms with Crippen molar-refractivity contribution in [3.63, 3.8) is 0 Å². The topological polar surface area (TPSA) is 85.8 Å². The smallest absolute Gasteiger partial charge is 0.407 e. The zero-order valence-electron chi connectivity index (χ0n) is 14.9. The summed E-state index contributed by atoms with van der Waals surface area (Å²) in [5.74, 6) is -0.428. The molecule has 1 fully saturated rings. The molecular formula is C19H22N4O3S. The van der Waals surface area contributed by atoms with Gasteiger partial charge in [-0.3, -0.25) is 9.69 Å². The van der Waals surface area contributed by atoms with Gasteiger partial charge in [-0.2, -0.15) is 0 Å². The summed E-state index contributed by atoms with van der Waals surface area (Å²) in [6.07, 6.45) is 0.479. The van der Waals surface area contributed by atoms with Crippen molar-refractivity contribution in [2.75, 3.05) is 25.0 Å².